The highest BCUT2D eigenvalue weighted by atomic mass is 16.2. The number of aromatic nitrogens is 2. The Morgan fingerprint density at radius 3 is 2.43 bits per heavy atom. The van der Waals surface area contributed by atoms with Crippen LogP contribution in [0.4, 0.5) is 45.0 Å². The van der Waals surface area contributed by atoms with E-state index in [4.69, 9.17) is 4.98 Å². The number of urea groups is 1. The Morgan fingerprint density at radius 2 is 1.68 bits per heavy atom. The van der Waals surface area contributed by atoms with Crippen LogP contribution in [0.2, 0.25) is 0 Å². The third kappa shape index (κ3) is 6.11. The maximum absolute atomic E-state index is 14.3. The van der Waals surface area contributed by atoms with Gasteiger partial charge in [-0.25, -0.2) is 14.7 Å². The number of benzene rings is 3. The first-order valence-electron chi connectivity index (χ1n) is 14.8. The molecule has 3 heterocycles. The molecular weight excluding hydrogens is 552 g/mol. The molecule has 0 radical (unpaired) electrons. The fraction of sp³-hybridized carbons (Fsp3) is 0.235. The topological polar surface area (TPSA) is 96.9 Å². The second kappa shape index (κ2) is 12.6. The highest BCUT2D eigenvalue weighted by Crippen LogP contribution is 2.35. The maximum Gasteiger partial charge on any atom is 0.334 e. The van der Waals surface area contributed by atoms with E-state index in [2.05, 4.69) is 58.1 Å². The van der Waals surface area contributed by atoms with Crippen LogP contribution in [0.3, 0.4) is 0 Å². The van der Waals surface area contributed by atoms with Crippen molar-refractivity contribution in [1.82, 2.24) is 14.9 Å². The minimum atomic E-state index is -0.335. The Kier molecular flexibility index (Phi) is 8.25. The van der Waals surface area contributed by atoms with Crippen molar-refractivity contribution < 1.29 is 9.59 Å². The van der Waals surface area contributed by atoms with Crippen LogP contribution in [0.25, 0.3) is 0 Å². The number of hydrogen-bond acceptors (Lipinski definition) is 7. The van der Waals surface area contributed by atoms with E-state index in [0.29, 0.717) is 36.1 Å². The van der Waals surface area contributed by atoms with Crippen LogP contribution >= 0.6 is 0 Å². The molecule has 2 aliphatic heterocycles. The quantitative estimate of drug-likeness (QED) is 0.266. The van der Waals surface area contributed by atoms with Crippen molar-refractivity contribution in [2.45, 2.75) is 13.3 Å². The summed E-state index contributed by atoms with van der Waals surface area (Å²) in [5.74, 6) is 0.542. The molecule has 1 aromatic heterocycles. The number of nitrogens with one attached hydrogen (secondary N) is 2. The summed E-state index contributed by atoms with van der Waals surface area (Å²) in [6, 6.07) is 22.8. The Labute approximate surface area is 257 Å². The maximum atomic E-state index is 14.3. The predicted octanol–water partition coefficient (Wildman–Crippen LogP) is 5.73. The molecule has 3 aromatic carbocycles. The number of fused-ring (bicyclic) bond motifs is 1. The molecule has 0 spiro atoms. The van der Waals surface area contributed by atoms with Gasteiger partial charge in [-0.1, -0.05) is 30.8 Å². The van der Waals surface area contributed by atoms with Crippen molar-refractivity contribution in [1.29, 1.82) is 0 Å². The lowest BCUT2D eigenvalue weighted by molar-refractivity contribution is -0.111. The fourth-order valence-corrected chi connectivity index (χ4v) is 5.63. The van der Waals surface area contributed by atoms with E-state index in [1.54, 1.807) is 34.2 Å². The number of hydrogen-bond donors (Lipinski definition) is 2. The van der Waals surface area contributed by atoms with Crippen molar-refractivity contribution in [3.8, 4) is 0 Å². The number of para-hydroxylation sites is 1. The van der Waals surface area contributed by atoms with E-state index in [-0.39, 0.29) is 11.9 Å². The first-order valence-corrected chi connectivity index (χ1v) is 14.8. The Hall–Kier alpha value is -5.22. The van der Waals surface area contributed by atoms with Crippen LogP contribution in [0.15, 0.2) is 91.6 Å². The molecule has 2 aliphatic rings. The van der Waals surface area contributed by atoms with Crippen LogP contribution in [-0.2, 0) is 11.2 Å². The van der Waals surface area contributed by atoms with Crippen molar-refractivity contribution in [3.63, 3.8) is 0 Å². The zero-order valence-electron chi connectivity index (χ0n) is 25.0. The van der Waals surface area contributed by atoms with Gasteiger partial charge in [0.1, 0.15) is 5.82 Å². The third-order valence-corrected chi connectivity index (χ3v) is 8.00. The van der Waals surface area contributed by atoms with Gasteiger partial charge in [0.15, 0.2) is 0 Å². The molecule has 0 bridgehead atoms. The molecule has 1 fully saturated rings. The summed E-state index contributed by atoms with van der Waals surface area (Å²) in [7, 11) is 2.16. The Balaban J connectivity index is 1.34. The summed E-state index contributed by atoms with van der Waals surface area (Å²) >= 11 is 0. The second-order valence-corrected chi connectivity index (χ2v) is 11.1. The highest BCUT2D eigenvalue weighted by Gasteiger charge is 2.32. The largest absolute Gasteiger partial charge is 0.369 e. The van der Waals surface area contributed by atoms with E-state index in [0.717, 1.165) is 43.1 Å². The van der Waals surface area contributed by atoms with Gasteiger partial charge in [0.25, 0.3) is 0 Å². The van der Waals surface area contributed by atoms with Crippen LogP contribution in [0.5, 0.6) is 0 Å². The van der Waals surface area contributed by atoms with Crippen molar-refractivity contribution in [2.75, 3.05) is 65.1 Å². The van der Waals surface area contributed by atoms with E-state index in [9.17, 15) is 9.59 Å². The summed E-state index contributed by atoms with van der Waals surface area (Å²) in [5.41, 5.74) is 6.00. The van der Waals surface area contributed by atoms with E-state index >= 15 is 0 Å². The molecule has 4 aromatic rings. The minimum absolute atomic E-state index is 0.251. The van der Waals surface area contributed by atoms with Gasteiger partial charge >= 0.3 is 6.03 Å². The average Bonchev–Trinajstić information content (AvgIpc) is 3.17. The highest BCUT2D eigenvalue weighted by molar-refractivity contribution is 6.09. The molecule has 2 N–H and O–H groups in total. The van der Waals surface area contributed by atoms with Crippen molar-refractivity contribution in [3.05, 3.63) is 103 Å². The molecule has 6 rings (SSSR count). The van der Waals surface area contributed by atoms with Crippen molar-refractivity contribution >= 4 is 52.1 Å². The molecule has 0 unspecified atom stereocenters. The first-order chi connectivity index (χ1) is 21.4. The van der Waals surface area contributed by atoms with E-state index in [1.807, 2.05) is 42.5 Å². The van der Waals surface area contributed by atoms with Crippen LogP contribution < -0.4 is 25.3 Å². The van der Waals surface area contributed by atoms with Gasteiger partial charge in [-0.05, 0) is 80.6 Å². The van der Waals surface area contributed by atoms with Gasteiger partial charge in [0, 0.05) is 67.2 Å². The smallest absolute Gasteiger partial charge is 0.334 e. The normalized spacial score (nSPS) is 15.4. The lowest BCUT2D eigenvalue weighted by Crippen LogP contribution is -2.44. The second-order valence-electron chi connectivity index (χ2n) is 11.1. The number of rotatable bonds is 7. The van der Waals surface area contributed by atoms with Gasteiger partial charge < -0.3 is 20.4 Å². The van der Waals surface area contributed by atoms with Gasteiger partial charge in [-0.2, -0.15) is 4.98 Å². The molecular formula is C34H36N8O2. The number of anilines is 7. The number of carbonyl (C=O) groups excluding carboxylic acids is 2. The van der Waals surface area contributed by atoms with Gasteiger partial charge in [-0.15, -0.1) is 0 Å². The lowest BCUT2D eigenvalue weighted by atomic mass is 10.1. The molecule has 224 valence electrons. The van der Waals surface area contributed by atoms with E-state index in [1.165, 1.54) is 17.3 Å². The SMILES string of the molecule is C=CC(=O)Nc1cccc(N2C(=O)N(c3ccccc3)CCc3cnc(Nc4ccc(N5CCN(C)CC5)c(C)c4)nc32)c1. The molecule has 10 nitrogen and oxygen atoms in total. The van der Waals surface area contributed by atoms with Crippen LogP contribution in [-0.4, -0.2) is 66.6 Å². The summed E-state index contributed by atoms with van der Waals surface area (Å²) < 4.78 is 0. The third-order valence-electron chi connectivity index (χ3n) is 8.00. The van der Waals surface area contributed by atoms with Crippen molar-refractivity contribution in [2.24, 2.45) is 0 Å². The summed E-state index contributed by atoms with van der Waals surface area (Å²) in [4.78, 5) is 44.0. The summed E-state index contributed by atoms with van der Waals surface area (Å²) in [6.07, 6.45) is 3.56. The van der Waals surface area contributed by atoms with Crippen LogP contribution in [0.1, 0.15) is 11.1 Å². The Morgan fingerprint density at radius 1 is 0.909 bits per heavy atom. The van der Waals surface area contributed by atoms with Gasteiger partial charge in [-0.3, -0.25) is 9.69 Å². The zero-order valence-corrected chi connectivity index (χ0v) is 25.0. The molecule has 0 aliphatic carbocycles. The standard InChI is InChI=1S/C34H36N8O2/c1-4-31(43)36-26-9-8-12-29(22-26)42-32-25(15-16-41(34(42)44)28-10-6-5-7-11-28)23-35-33(38-32)37-27-13-14-30(24(2)21-27)40-19-17-39(3)18-20-40/h4-14,21-23H,1,15-20H2,2-3H3,(H,36,43)(H,35,37,38). The zero-order chi connectivity index (χ0) is 30.6. The first kappa shape index (κ1) is 28.9. The number of nitrogens with zero attached hydrogens (tertiary/aromatic N) is 6. The fourth-order valence-electron chi connectivity index (χ4n) is 5.63. The van der Waals surface area contributed by atoms with E-state index < -0.39 is 0 Å². The number of aryl methyl sites for hydroxylation is 1. The Bertz CT molecular complexity index is 1680. The van der Waals surface area contributed by atoms with Gasteiger partial charge in [0.05, 0.1) is 5.69 Å². The molecule has 0 atom stereocenters. The van der Waals surface area contributed by atoms with Crippen LogP contribution in [0, 0.1) is 6.92 Å². The monoisotopic (exact) mass is 588 g/mol. The number of carbonyl (C=O) groups is 2. The number of amides is 3. The molecule has 1 saturated heterocycles. The molecule has 10 heteroatoms. The molecule has 44 heavy (non-hydrogen) atoms. The number of piperazine rings is 1. The van der Waals surface area contributed by atoms with Gasteiger partial charge in [0.2, 0.25) is 11.9 Å². The number of likely N-dealkylation sites (N-methyl/N-ethyl adjacent to an activating group) is 1. The summed E-state index contributed by atoms with van der Waals surface area (Å²) in [5, 5.41) is 6.15. The molecule has 0 saturated carbocycles. The lowest BCUT2D eigenvalue weighted by Gasteiger charge is -2.35. The average molecular weight is 589 g/mol. The molecule has 3 amide bonds. The summed E-state index contributed by atoms with van der Waals surface area (Å²) in [6.45, 7) is 10.2. The minimum Gasteiger partial charge on any atom is -0.369 e. The predicted molar refractivity (Wildman–Crippen MR) is 176 cm³/mol.